The lowest BCUT2D eigenvalue weighted by Crippen LogP contribution is -2.32. The monoisotopic (exact) mass is 353 g/mol. The first kappa shape index (κ1) is 15.6. The lowest BCUT2D eigenvalue weighted by molar-refractivity contribution is -0.117. The number of hydrogen-bond acceptors (Lipinski definition) is 1. The van der Waals surface area contributed by atoms with Gasteiger partial charge in [0.1, 0.15) is 0 Å². The van der Waals surface area contributed by atoms with Gasteiger partial charge in [-0.25, -0.2) is 8.78 Å². The summed E-state index contributed by atoms with van der Waals surface area (Å²) in [5, 5.41) is 0. The third kappa shape index (κ3) is 3.88. The minimum absolute atomic E-state index is 0.161. The number of hydrogen-bond donors (Lipinski definition) is 0. The molecule has 0 fully saturated rings. The molecule has 2 aromatic rings. The van der Waals surface area contributed by atoms with Crippen molar-refractivity contribution in [1.29, 1.82) is 0 Å². The van der Waals surface area contributed by atoms with Crippen LogP contribution in [0.25, 0.3) is 0 Å². The zero-order chi connectivity index (χ0) is 15.4. The zero-order valence-electron chi connectivity index (χ0n) is 11.4. The van der Waals surface area contributed by atoms with Crippen LogP contribution in [0, 0.1) is 11.6 Å². The van der Waals surface area contributed by atoms with Gasteiger partial charge in [-0.05, 0) is 36.8 Å². The van der Waals surface area contributed by atoms with Gasteiger partial charge in [0.05, 0.1) is 6.42 Å². The predicted octanol–water partition coefficient (Wildman–Crippen LogP) is 4.32. The fourth-order valence-electron chi connectivity index (χ4n) is 2.03. The van der Waals surface area contributed by atoms with Crippen molar-refractivity contribution < 1.29 is 13.6 Å². The Morgan fingerprint density at radius 3 is 2.33 bits per heavy atom. The summed E-state index contributed by atoms with van der Waals surface area (Å²) in [7, 11) is 0. The van der Waals surface area contributed by atoms with Gasteiger partial charge in [-0.15, -0.1) is 0 Å². The molecule has 0 N–H and O–H groups in total. The summed E-state index contributed by atoms with van der Waals surface area (Å²) in [5.74, 6) is -2.04. The van der Waals surface area contributed by atoms with Crippen LogP contribution in [0.5, 0.6) is 0 Å². The van der Waals surface area contributed by atoms with Gasteiger partial charge in [-0.1, -0.05) is 28.1 Å². The second-order valence-electron chi connectivity index (χ2n) is 4.54. The number of carbonyl (C=O) groups is 1. The van der Waals surface area contributed by atoms with E-state index in [2.05, 4.69) is 15.9 Å². The van der Waals surface area contributed by atoms with Gasteiger partial charge in [0, 0.05) is 22.8 Å². The van der Waals surface area contributed by atoms with E-state index in [-0.39, 0.29) is 12.3 Å². The highest BCUT2D eigenvalue weighted by molar-refractivity contribution is 9.10. The molecule has 2 nitrogen and oxygen atoms in total. The lowest BCUT2D eigenvalue weighted by Gasteiger charge is -2.21. The quantitative estimate of drug-likeness (QED) is 0.801. The number of likely N-dealkylation sites (N-methyl/N-ethyl adjacent to an activating group) is 1. The van der Waals surface area contributed by atoms with Crippen LogP contribution in [0.2, 0.25) is 0 Å². The van der Waals surface area contributed by atoms with Crippen LogP contribution in [0.1, 0.15) is 12.5 Å². The van der Waals surface area contributed by atoms with E-state index in [1.165, 1.54) is 11.0 Å². The highest BCUT2D eigenvalue weighted by Crippen LogP contribution is 2.19. The fourth-order valence-corrected chi connectivity index (χ4v) is 2.29. The van der Waals surface area contributed by atoms with Crippen LogP contribution in [0.15, 0.2) is 46.9 Å². The van der Waals surface area contributed by atoms with Gasteiger partial charge in [-0.3, -0.25) is 4.79 Å². The summed E-state index contributed by atoms with van der Waals surface area (Å²) in [4.78, 5) is 13.8. The molecule has 0 aromatic heterocycles. The van der Waals surface area contributed by atoms with E-state index in [0.717, 1.165) is 22.2 Å². The highest BCUT2D eigenvalue weighted by atomic mass is 79.9. The summed E-state index contributed by atoms with van der Waals surface area (Å²) >= 11 is 3.33. The van der Waals surface area contributed by atoms with E-state index in [1.54, 1.807) is 6.92 Å². The van der Waals surface area contributed by atoms with E-state index < -0.39 is 11.6 Å². The average molecular weight is 354 g/mol. The molecule has 110 valence electrons. The molecule has 2 aromatic carbocycles. The van der Waals surface area contributed by atoms with Crippen molar-refractivity contribution in [3.63, 3.8) is 0 Å². The Kier molecular flexibility index (Phi) is 5.07. The van der Waals surface area contributed by atoms with Crippen LogP contribution < -0.4 is 4.90 Å². The molecule has 0 aliphatic carbocycles. The van der Waals surface area contributed by atoms with Crippen molar-refractivity contribution in [2.75, 3.05) is 11.4 Å². The summed E-state index contributed by atoms with van der Waals surface area (Å²) in [6, 6.07) is 10.9. The molecule has 1 amide bonds. The molecular weight excluding hydrogens is 340 g/mol. The van der Waals surface area contributed by atoms with E-state index in [1.807, 2.05) is 24.3 Å². The maximum atomic E-state index is 13.3. The van der Waals surface area contributed by atoms with Gasteiger partial charge in [-0.2, -0.15) is 0 Å². The van der Waals surface area contributed by atoms with Gasteiger partial charge >= 0.3 is 0 Å². The maximum Gasteiger partial charge on any atom is 0.231 e. The third-order valence-electron chi connectivity index (χ3n) is 3.10. The number of anilines is 1. The molecule has 0 heterocycles. The van der Waals surface area contributed by atoms with Crippen LogP contribution in [-0.4, -0.2) is 12.5 Å². The molecule has 0 radical (unpaired) electrons. The number of rotatable bonds is 4. The molecule has 0 atom stereocenters. The van der Waals surface area contributed by atoms with Crippen LogP contribution in [0.4, 0.5) is 14.5 Å². The topological polar surface area (TPSA) is 20.3 Å². The first-order chi connectivity index (χ1) is 10.0. The molecule has 2 rings (SSSR count). The van der Waals surface area contributed by atoms with E-state index in [4.69, 9.17) is 0 Å². The summed E-state index contributed by atoms with van der Waals surface area (Å²) < 4.78 is 27.2. The zero-order valence-corrected chi connectivity index (χ0v) is 13.0. The molecule has 0 aliphatic rings. The van der Waals surface area contributed by atoms with Crippen molar-refractivity contribution in [1.82, 2.24) is 0 Å². The molecule has 0 unspecified atom stereocenters. The highest BCUT2D eigenvalue weighted by Gasteiger charge is 2.16. The molecule has 0 bridgehead atoms. The molecule has 0 aliphatic heterocycles. The second kappa shape index (κ2) is 6.80. The normalized spacial score (nSPS) is 10.5. The van der Waals surface area contributed by atoms with E-state index >= 15 is 0 Å². The Morgan fingerprint density at radius 1 is 1.10 bits per heavy atom. The van der Waals surface area contributed by atoms with Crippen molar-refractivity contribution in [3.8, 4) is 0 Å². The van der Waals surface area contributed by atoms with Crippen molar-refractivity contribution >= 4 is 27.5 Å². The first-order valence-corrected chi connectivity index (χ1v) is 7.30. The molecule has 0 spiro atoms. The predicted molar refractivity (Wildman–Crippen MR) is 82.2 cm³/mol. The van der Waals surface area contributed by atoms with Crippen molar-refractivity contribution in [3.05, 3.63) is 64.1 Å². The van der Waals surface area contributed by atoms with Gasteiger partial charge in [0.2, 0.25) is 5.91 Å². The minimum atomic E-state index is -0.956. The Labute approximate surface area is 130 Å². The lowest BCUT2D eigenvalue weighted by atomic mass is 10.1. The minimum Gasteiger partial charge on any atom is -0.312 e. The van der Waals surface area contributed by atoms with Crippen molar-refractivity contribution in [2.45, 2.75) is 13.3 Å². The SMILES string of the molecule is CCN(C(=O)Cc1ccc(Br)cc1)c1ccc(F)c(F)c1. The van der Waals surface area contributed by atoms with Crippen LogP contribution in [0.3, 0.4) is 0 Å². The van der Waals surface area contributed by atoms with Gasteiger partial charge < -0.3 is 4.90 Å². The summed E-state index contributed by atoms with van der Waals surface area (Å²) in [6.45, 7) is 2.18. The second-order valence-corrected chi connectivity index (χ2v) is 5.46. The van der Waals surface area contributed by atoms with Crippen LogP contribution >= 0.6 is 15.9 Å². The number of carbonyl (C=O) groups excluding carboxylic acids is 1. The summed E-state index contributed by atoms with van der Waals surface area (Å²) in [5.41, 5.74) is 1.22. The standard InChI is InChI=1S/C16H14BrF2NO/c1-2-20(13-7-8-14(18)15(19)10-13)16(21)9-11-3-5-12(17)6-4-11/h3-8,10H,2,9H2,1H3. The average Bonchev–Trinajstić information content (AvgIpc) is 2.46. The fraction of sp³-hybridized carbons (Fsp3) is 0.188. The van der Waals surface area contributed by atoms with Crippen LogP contribution in [-0.2, 0) is 11.2 Å². The Bertz CT molecular complexity index is 643. The smallest absolute Gasteiger partial charge is 0.231 e. The largest absolute Gasteiger partial charge is 0.312 e. The maximum absolute atomic E-state index is 13.3. The number of halogens is 3. The van der Waals surface area contributed by atoms with E-state index in [0.29, 0.717) is 12.2 Å². The number of nitrogens with zero attached hydrogens (tertiary/aromatic N) is 1. The molecule has 0 saturated heterocycles. The summed E-state index contributed by atoms with van der Waals surface area (Å²) in [6.07, 6.45) is 0.208. The molecule has 21 heavy (non-hydrogen) atoms. The third-order valence-corrected chi connectivity index (χ3v) is 3.63. The molecule has 5 heteroatoms. The van der Waals surface area contributed by atoms with Gasteiger partial charge in [0.25, 0.3) is 0 Å². The number of amides is 1. The molecular formula is C16H14BrF2NO. The number of benzene rings is 2. The molecule has 0 saturated carbocycles. The Morgan fingerprint density at radius 2 is 1.76 bits per heavy atom. The van der Waals surface area contributed by atoms with Gasteiger partial charge in [0.15, 0.2) is 11.6 Å². The Hall–Kier alpha value is -1.75. The van der Waals surface area contributed by atoms with E-state index in [9.17, 15) is 13.6 Å². The van der Waals surface area contributed by atoms with Crippen molar-refractivity contribution in [2.24, 2.45) is 0 Å². The Balaban J connectivity index is 2.18. The first-order valence-electron chi connectivity index (χ1n) is 6.51.